The van der Waals surface area contributed by atoms with E-state index in [9.17, 15) is 0 Å². The Hall–Kier alpha value is -2.80. The van der Waals surface area contributed by atoms with Gasteiger partial charge < -0.3 is 4.90 Å². The van der Waals surface area contributed by atoms with Crippen LogP contribution in [0.5, 0.6) is 0 Å². The van der Waals surface area contributed by atoms with Gasteiger partial charge in [-0.15, -0.1) is 0 Å². The molecule has 4 aliphatic rings. The Labute approximate surface area is 141 Å². The molecule has 1 heteroatoms. The maximum absolute atomic E-state index is 2.60. The van der Waals surface area contributed by atoms with Gasteiger partial charge in [-0.25, -0.2) is 0 Å². The van der Waals surface area contributed by atoms with Crippen molar-refractivity contribution in [2.45, 2.75) is 18.9 Å². The lowest BCUT2D eigenvalue weighted by atomic mass is 9.78. The Bertz CT molecular complexity index is 1020. The molecule has 24 heavy (non-hydrogen) atoms. The van der Waals surface area contributed by atoms with E-state index >= 15 is 0 Å². The van der Waals surface area contributed by atoms with E-state index in [-0.39, 0.29) is 0 Å². The maximum Gasteiger partial charge on any atom is 0.0851 e. The quantitative estimate of drug-likeness (QED) is 0.608. The van der Waals surface area contributed by atoms with Crippen LogP contribution in [0.2, 0.25) is 0 Å². The fraction of sp³-hybridized carbons (Fsp3) is 0.130. The lowest BCUT2D eigenvalue weighted by Crippen LogP contribution is -2.36. The van der Waals surface area contributed by atoms with Gasteiger partial charge in [0, 0.05) is 28.9 Å². The number of hydrogen-bond donors (Lipinski definition) is 0. The summed E-state index contributed by atoms with van der Waals surface area (Å²) in [5.41, 5.74) is 11.4. The van der Waals surface area contributed by atoms with Gasteiger partial charge in [-0.1, -0.05) is 66.8 Å². The molecule has 0 amide bonds. The fourth-order valence-electron chi connectivity index (χ4n) is 4.80. The summed E-state index contributed by atoms with van der Waals surface area (Å²) in [7, 11) is 0. The smallest absolute Gasteiger partial charge is 0.0851 e. The second-order valence-electron chi connectivity index (χ2n) is 6.86. The molecule has 0 spiro atoms. The van der Waals surface area contributed by atoms with Crippen LogP contribution in [0.1, 0.15) is 35.6 Å². The normalized spacial score (nSPS) is 22.3. The minimum Gasteiger partial charge on any atom is -0.332 e. The van der Waals surface area contributed by atoms with E-state index in [0.29, 0.717) is 6.04 Å². The summed E-state index contributed by atoms with van der Waals surface area (Å²) in [6.45, 7) is 0. The molecule has 2 aromatic carbocycles. The van der Waals surface area contributed by atoms with Crippen molar-refractivity contribution >= 4 is 16.8 Å². The molecule has 114 valence electrons. The summed E-state index contributed by atoms with van der Waals surface area (Å²) in [6, 6.07) is 18.2. The summed E-state index contributed by atoms with van der Waals surface area (Å²) in [5.74, 6) is 0. The minimum atomic E-state index is 0.323. The van der Waals surface area contributed by atoms with Gasteiger partial charge in [0.25, 0.3) is 0 Å². The molecule has 0 fully saturated rings. The molecule has 1 nitrogen and oxygen atoms in total. The van der Waals surface area contributed by atoms with Crippen molar-refractivity contribution in [3.8, 4) is 0 Å². The third kappa shape index (κ3) is 1.41. The maximum atomic E-state index is 2.60. The van der Waals surface area contributed by atoms with Crippen molar-refractivity contribution in [2.24, 2.45) is 0 Å². The van der Waals surface area contributed by atoms with Crippen molar-refractivity contribution in [3.05, 3.63) is 101 Å². The van der Waals surface area contributed by atoms with Gasteiger partial charge >= 0.3 is 0 Å². The molecule has 0 bridgehead atoms. The third-order valence-corrected chi connectivity index (χ3v) is 5.72. The van der Waals surface area contributed by atoms with E-state index in [4.69, 9.17) is 0 Å². The Morgan fingerprint density at radius 1 is 0.875 bits per heavy atom. The molecule has 1 atom stereocenters. The van der Waals surface area contributed by atoms with Crippen LogP contribution in [0.25, 0.3) is 11.1 Å². The zero-order valence-electron chi connectivity index (χ0n) is 13.4. The number of anilines is 1. The summed E-state index contributed by atoms with van der Waals surface area (Å²) < 4.78 is 0. The van der Waals surface area contributed by atoms with Crippen molar-refractivity contribution in [1.82, 2.24) is 0 Å². The molecular formula is C23H17N. The average molecular weight is 307 g/mol. The largest absolute Gasteiger partial charge is 0.332 e. The van der Waals surface area contributed by atoms with E-state index in [1.165, 1.54) is 44.8 Å². The van der Waals surface area contributed by atoms with Crippen LogP contribution >= 0.6 is 0 Å². The highest BCUT2D eigenvalue weighted by Gasteiger charge is 2.41. The van der Waals surface area contributed by atoms with Gasteiger partial charge in [-0.3, -0.25) is 0 Å². The summed E-state index contributed by atoms with van der Waals surface area (Å²) in [5, 5.41) is 0. The van der Waals surface area contributed by atoms with Gasteiger partial charge in [0.15, 0.2) is 0 Å². The van der Waals surface area contributed by atoms with E-state index in [2.05, 4.69) is 77.7 Å². The Kier molecular flexibility index (Phi) is 2.30. The first-order valence-corrected chi connectivity index (χ1v) is 8.72. The molecule has 0 N–H and O–H groups in total. The number of rotatable bonds is 0. The van der Waals surface area contributed by atoms with Crippen LogP contribution in [0.4, 0.5) is 5.69 Å². The van der Waals surface area contributed by atoms with Gasteiger partial charge in [-0.2, -0.15) is 0 Å². The second-order valence-corrected chi connectivity index (χ2v) is 6.86. The van der Waals surface area contributed by atoms with Crippen LogP contribution in [0.3, 0.4) is 0 Å². The van der Waals surface area contributed by atoms with Crippen LogP contribution in [-0.2, 0) is 0 Å². The molecule has 0 saturated carbocycles. The third-order valence-electron chi connectivity index (χ3n) is 5.72. The molecule has 2 heterocycles. The molecule has 0 aromatic heterocycles. The standard InChI is InChI=1S/C23H17N/c1-2-9-19-15(7-1)18-11-6-14-22(18)24-21-13-4-3-8-17(21)16-10-5-12-20(16)23(19)24/h1-4,6-13,23H,5,14H2. The first-order chi connectivity index (χ1) is 11.9. The molecule has 1 unspecified atom stereocenters. The summed E-state index contributed by atoms with van der Waals surface area (Å²) in [4.78, 5) is 2.60. The van der Waals surface area contributed by atoms with Crippen molar-refractivity contribution in [2.75, 3.05) is 4.90 Å². The number of allylic oxidation sites excluding steroid dienone is 5. The molecule has 2 aliphatic carbocycles. The van der Waals surface area contributed by atoms with Crippen molar-refractivity contribution in [3.63, 3.8) is 0 Å². The molecule has 2 aliphatic heterocycles. The summed E-state index contributed by atoms with van der Waals surface area (Å²) in [6.07, 6.45) is 11.5. The first-order valence-electron chi connectivity index (χ1n) is 8.72. The predicted octanol–water partition coefficient (Wildman–Crippen LogP) is 5.65. The fourth-order valence-corrected chi connectivity index (χ4v) is 4.80. The van der Waals surface area contributed by atoms with E-state index in [1.807, 2.05) is 0 Å². The first kappa shape index (κ1) is 12.6. The van der Waals surface area contributed by atoms with E-state index in [1.54, 1.807) is 0 Å². The van der Waals surface area contributed by atoms with Crippen molar-refractivity contribution < 1.29 is 0 Å². The van der Waals surface area contributed by atoms with E-state index < -0.39 is 0 Å². The Morgan fingerprint density at radius 2 is 1.71 bits per heavy atom. The zero-order chi connectivity index (χ0) is 15.7. The monoisotopic (exact) mass is 307 g/mol. The number of para-hydroxylation sites is 1. The highest BCUT2D eigenvalue weighted by Crippen LogP contribution is 2.56. The molecule has 2 aromatic rings. The predicted molar refractivity (Wildman–Crippen MR) is 99.5 cm³/mol. The Balaban J connectivity index is 1.73. The van der Waals surface area contributed by atoms with Crippen LogP contribution in [0, 0.1) is 0 Å². The second kappa shape index (κ2) is 4.39. The van der Waals surface area contributed by atoms with Gasteiger partial charge in [0.2, 0.25) is 0 Å². The number of benzene rings is 2. The van der Waals surface area contributed by atoms with E-state index in [0.717, 1.165) is 12.8 Å². The lowest BCUT2D eigenvalue weighted by molar-refractivity contribution is 0.749. The van der Waals surface area contributed by atoms with Gasteiger partial charge in [-0.05, 0) is 34.8 Å². The molecule has 6 rings (SSSR count). The number of fused-ring (bicyclic) bond motifs is 10. The molecular weight excluding hydrogens is 290 g/mol. The highest BCUT2D eigenvalue weighted by molar-refractivity contribution is 5.98. The zero-order valence-corrected chi connectivity index (χ0v) is 13.4. The molecule has 0 saturated heterocycles. The van der Waals surface area contributed by atoms with Crippen LogP contribution in [0.15, 0.2) is 84.1 Å². The van der Waals surface area contributed by atoms with Gasteiger partial charge in [0.05, 0.1) is 6.04 Å². The average Bonchev–Trinajstić information content (AvgIpc) is 3.31. The summed E-state index contributed by atoms with van der Waals surface area (Å²) >= 11 is 0. The highest BCUT2D eigenvalue weighted by atomic mass is 15.2. The minimum absolute atomic E-state index is 0.323. The lowest BCUT2D eigenvalue weighted by Gasteiger charge is -2.45. The van der Waals surface area contributed by atoms with Crippen LogP contribution < -0.4 is 4.90 Å². The topological polar surface area (TPSA) is 3.24 Å². The SMILES string of the molecule is C1=CC2=C(C1)N1c3ccccc3C3=CCC=C3C1c1ccccc12. The molecule has 0 radical (unpaired) electrons. The van der Waals surface area contributed by atoms with Gasteiger partial charge in [0.1, 0.15) is 0 Å². The number of nitrogens with zero attached hydrogens (tertiary/aromatic N) is 1. The Morgan fingerprint density at radius 3 is 2.67 bits per heavy atom. The number of hydrogen-bond acceptors (Lipinski definition) is 1. The van der Waals surface area contributed by atoms with Crippen molar-refractivity contribution in [1.29, 1.82) is 0 Å². The van der Waals surface area contributed by atoms with Crippen LogP contribution in [-0.4, -0.2) is 0 Å².